The fourth-order valence-electron chi connectivity index (χ4n) is 2.70. The largest absolute Gasteiger partial charge is 0.295 e. The smallest absolute Gasteiger partial charge is 0.280 e. The summed E-state index contributed by atoms with van der Waals surface area (Å²) in [6, 6.07) is 13.2. The molecule has 0 aliphatic heterocycles. The molecule has 0 aliphatic carbocycles. The van der Waals surface area contributed by atoms with Gasteiger partial charge in [0.15, 0.2) is 0 Å². The lowest BCUT2D eigenvalue weighted by atomic mass is 10.2. The fourth-order valence-corrected chi connectivity index (χ4v) is 3.80. The highest BCUT2D eigenvalue weighted by Crippen LogP contribution is 2.28. The molecule has 0 saturated heterocycles. The van der Waals surface area contributed by atoms with E-state index in [1.54, 1.807) is 24.4 Å². The molecule has 0 unspecified atom stereocenters. The molecule has 0 spiro atoms. The van der Waals surface area contributed by atoms with Crippen molar-refractivity contribution >= 4 is 44.5 Å². The third kappa shape index (κ3) is 3.09. The second-order valence-corrected chi connectivity index (χ2v) is 7.44. The highest BCUT2D eigenvalue weighted by molar-refractivity contribution is 7.22. The Kier molecular flexibility index (Phi) is 4.22. The maximum atomic E-state index is 12.7. The van der Waals surface area contributed by atoms with Gasteiger partial charge in [-0.3, -0.25) is 9.89 Å². The number of hydrogen-bond donors (Lipinski definition) is 1. The number of benzene rings is 2. The number of aromatic amines is 1. The van der Waals surface area contributed by atoms with E-state index in [0.29, 0.717) is 21.4 Å². The fraction of sp³-hybridized carbons (Fsp3) is 0.105. The molecule has 1 N–H and O–H groups in total. The van der Waals surface area contributed by atoms with Gasteiger partial charge in [0.25, 0.3) is 5.56 Å². The standard InChI is InChI=1S/C19H15ClN4OS/c1-11-6-7-16-17(8-11)26-19(22-16)21-10-15-12(2)23-24(18(15)25)14-5-3-4-13(20)9-14/h3-10,23H,1-2H3. The summed E-state index contributed by atoms with van der Waals surface area (Å²) in [5, 5.41) is 4.26. The summed E-state index contributed by atoms with van der Waals surface area (Å²) >= 11 is 7.52. The number of aryl methyl sites for hydroxylation is 2. The van der Waals surface area contributed by atoms with Gasteiger partial charge in [-0.15, -0.1) is 0 Å². The summed E-state index contributed by atoms with van der Waals surface area (Å²) < 4.78 is 2.55. The molecule has 2 heterocycles. The zero-order chi connectivity index (χ0) is 18.3. The van der Waals surface area contributed by atoms with Gasteiger partial charge in [-0.05, 0) is 49.7 Å². The first-order valence-corrected chi connectivity index (χ1v) is 9.19. The van der Waals surface area contributed by atoms with Gasteiger partial charge in [0.05, 0.1) is 21.5 Å². The number of aromatic nitrogens is 3. The molecule has 0 aliphatic rings. The van der Waals surface area contributed by atoms with Crippen molar-refractivity contribution in [2.75, 3.05) is 0 Å². The van der Waals surface area contributed by atoms with Crippen LogP contribution in [0.5, 0.6) is 0 Å². The first kappa shape index (κ1) is 16.8. The van der Waals surface area contributed by atoms with Crippen LogP contribution < -0.4 is 5.56 Å². The minimum Gasteiger partial charge on any atom is -0.295 e. The predicted octanol–water partition coefficient (Wildman–Crippen LogP) is 4.80. The Bertz CT molecular complexity index is 1200. The van der Waals surface area contributed by atoms with Crippen LogP contribution in [-0.4, -0.2) is 21.0 Å². The van der Waals surface area contributed by atoms with Crippen LogP contribution in [-0.2, 0) is 0 Å². The van der Waals surface area contributed by atoms with E-state index in [9.17, 15) is 4.79 Å². The van der Waals surface area contributed by atoms with Crippen LogP contribution >= 0.6 is 22.9 Å². The van der Waals surface area contributed by atoms with Crippen molar-refractivity contribution in [3.63, 3.8) is 0 Å². The lowest BCUT2D eigenvalue weighted by Crippen LogP contribution is -2.17. The molecule has 7 heteroatoms. The number of halogens is 1. The third-order valence-corrected chi connectivity index (χ3v) is 5.18. The number of nitrogens with one attached hydrogen (secondary N) is 1. The van der Waals surface area contributed by atoms with E-state index in [1.165, 1.54) is 21.6 Å². The second-order valence-electron chi connectivity index (χ2n) is 6.00. The van der Waals surface area contributed by atoms with Gasteiger partial charge in [-0.2, -0.15) is 0 Å². The SMILES string of the molecule is Cc1ccc2nc(N=Cc3c(C)[nH]n(-c4cccc(Cl)c4)c3=O)sc2c1. The Morgan fingerprint density at radius 3 is 2.88 bits per heavy atom. The first-order valence-electron chi connectivity index (χ1n) is 8.00. The number of thiazole rings is 1. The van der Waals surface area contributed by atoms with E-state index in [4.69, 9.17) is 11.6 Å². The highest BCUT2D eigenvalue weighted by Gasteiger charge is 2.11. The monoisotopic (exact) mass is 382 g/mol. The van der Waals surface area contributed by atoms with Crippen molar-refractivity contribution in [2.24, 2.45) is 4.99 Å². The number of hydrogen-bond acceptors (Lipinski definition) is 4. The summed E-state index contributed by atoms with van der Waals surface area (Å²) in [4.78, 5) is 21.6. The van der Waals surface area contributed by atoms with Crippen LogP contribution in [0, 0.1) is 13.8 Å². The minimum absolute atomic E-state index is 0.175. The van der Waals surface area contributed by atoms with Gasteiger partial charge >= 0.3 is 0 Å². The zero-order valence-corrected chi connectivity index (χ0v) is 15.7. The van der Waals surface area contributed by atoms with E-state index < -0.39 is 0 Å². The summed E-state index contributed by atoms with van der Waals surface area (Å²) in [6.45, 7) is 3.88. The summed E-state index contributed by atoms with van der Waals surface area (Å²) in [5.41, 5.74) is 3.83. The van der Waals surface area contributed by atoms with Crippen molar-refractivity contribution < 1.29 is 0 Å². The van der Waals surface area contributed by atoms with E-state index in [0.717, 1.165) is 15.9 Å². The maximum absolute atomic E-state index is 12.7. The van der Waals surface area contributed by atoms with Gasteiger partial charge in [0, 0.05) is 16.9 Å². The van der Waals surface area contributed by atoms with Gasteiger partial charge in [0.1, 0.15) is 0 Å². The molecule has 5 nitrogen and oxygen atoms in total. The molecule has 0 radical (unpaired) electrons. The first-order chi connectivity index (χ1) is 12.5. The molecule has 26 heavy (non-hydrogen) atoms. The van der Waals surface area contributed by atoms with Crippen LogP contribution in [0.2, 0.25) is 5.02 Å². The molecule has 130 valence electrons. The topological polar surface area (TPSA) is 63.0 Å². The number of H-pyrrole nitrogens is 1. The van der Waals surface area contributed by atoms with Crippen LogP contribution in [0.15, 0.2) is 52.3 Å². The van der Waals surface area contributed by atoms with Crippen molar-refractivity contribution in [1.82, 2.24) is 14.8 Å². The molecular formula is C19H15ClN4OS. The van der Waals surface area contributed by atoms with Gasteiger partial charge in [-0.1, -0.05) is 35.1 Å². The average Bonchev–Trinajstić information content (AvgIpc) is 3.13. The molecule has 4 rings (SSSR count). The predicted molar refractivity (Wildman–Crippen MR) is 108 cm³/mol. The van der Waals surface area contributed by atoms with Gasteiger partial charge in [0.2, 0.25) is 5.13 Å². The Morgan fingerprint density at radius 2 is 2.08 bits per heavy atom. The highest BCUT2D eigenvalue weighted by atomic mass is 35.5. The molecule has 0 atom stereocenters. The molecule has 2 aromatic carbocycles. The number of nitrogens with zero attached hydrogens (tertiary/aromatic N) is 3. The van der Waals surface area contributed by atoms with Crippen LogP contribution in [0.4, 0.5) is 5.13 Å². The van der Waals surface area contributed by atoms with E-state index in [2.05, 4.69) is 21.1 Å². The summed E-state index contributed by atoms with van der Waals surface area (Å²) in [5.74, 6) is 0. The van der Waals surface area contributed by atoms with Crippen molar-refractivity contribution in [3.8, 4) is 5.69 Å². The normalized spacial score (nSPS) is 11.7. The minimum atomic E-state index is -0.175. The molecule has 0 bridgehead atoms. The third-order valence-electron chi connectivity index (χ3n) is 4.02. The number of fused-ring (bicyclic) bond motifs is 1. The lowest BCUT2D eigenvalue weighted by molar-refractivity contribution is 0.835. The molecular weight excluding hydrogens is 368 g/mol. The lowest BCUT2D eigenvalue weighted by Gasteiger charge is -2.01. The molecule has 0 saturated carbocycles. The Balaban J connectivity index is 1.71. The zero-order valence-electron chi connectivity index (χ0n) is 14.2. The van der Waals surface area contributed by atoms with Crippen molar-refractivity contribution in [3.05, 3.63) is 74.7 Å². The van der Waals surface area contributed by atoms with E-state index in [1.807, 2.05) is 32.0 Å². The summed E-state index contributed by atoms with van der Waals surface area (Å²) in [6.07, 6.45) is 1.57. The van der Waals surface area contributed by atoms with Crippen LogP contribution in [0.25, 0.3) is 15.9 Å². The Labute approximate surface area is 158 Å². The van der Waals surface area contributed by atoms with Crippen LogP contribution in [0.1, 0.15) is 16.8 Å². The molecule has 0 fully saturated rings. The molecule has 0 amide bonds. The maximum Gasteiger partial charge on any atom is 0.280 e. The van der Waals surface area contributed by atoms with Gasteiger partial charge in [-0.25, -0.2) is 14.7 Å². The van der Waals surface area contributed by atoms with E-state index in [-0.39, 0.29) is 5.56 Å². The van der Waals surface area contributed by atoms with Crippen molar-refractivity contribution in [2.45, 2.75) is 13.8 Å². The van der Waals surface area contributed by atoms with E-state index >= 15 is 0 Å². The van der Waals surface area contributed by atoms with Crippen molar-refractivity contribution in [1.29, 1.82) is 0 Å². The summed E-state index contributed by atoms with van der Waals surface area (Å²) in [7, 11) is 0. The van der Waals surface area contributed by atoms with Gasteiger partial charge < -0.3 is 0 Å². The molecule has 4 aromatic rings. The Morgan fingerprint density at radius 1 is 1.23 bits per heavy atom. The quantitative estimate of drug-likeness (QED) is 0.517. The number of aliphatic imine (C=N–C) groups is 1. The molecule has 2 aromatic heterocycles. The average molecular weight is 383 g/mol. The number of rotatable bonds is 3. The second kappa shape index (κ2) is 6.55. The Hall–Kier alpha value is -2.70. The van der Waals surface area contributed by atoms with Crippen LogP contribution in [0.3, 0.4) is 0 Å².